The van der Waals surface area contributed by atoms with Gasteiger partial charge in [0.15, 0.2) is 0 Å². The third-order valence-corrected chi connectivity index (χ3v) is 4.07. The minimum atomic E-state index is 0.222. The van der Waals surface area contributed by atoms with Gasteiger partial charge in [0.25, 0.3) is 0 Å². The van der Waals surface area contributed by atoms with E-state index in [9.17, 15) is 0 Å². The number of hydrogen-bond acceptors (Lipinski definition) is 3. The Balaban J connectivity index is 2.02. The minimum absolute atomic E-state index is 0.222. The second-order valence-corrected chi connectivity index (χ2v) is 5.84. The Bertz CT molecular complexity index is 468. The summed E-state index contributed by atoms with van der Waals surface area (Å²) in [6.07, 6.45) is 5.15. The molecular formula is C14H22ClN3O. The van der Waals surface area contributed by atoms with E-state index in [1.54, 1.807) is 4.68 Å². The van der Waals surface area contributed by atoms with Crippen molar-refractivity contribution in [1.29, 1.82) is 0 Å². The van der Waals surface area contributed by atoms with Gasteiger partial charge >= 0.3 is 0 Å². The van der Waals surface area contributed by atoms with Gasteiger partial charge in [0.1, 0.15) is 5.15 Å². The van der Waals surface area contributed by atoms with Crippen molar-refractivity contribution in [3.05, 3.63) is 28.6 Å². The summed E-state index contributed by atoms with van der Waals surface area (Å²) in [5, 5.41) is 17.8. The molecule has 0 aliphatic heterocycles. The normalized spacial score (nSPS) is 22.6. The molecule has 0 saturated carbocycles. The molecule has 19 heavy (non-hydrogen) atoms. The number of aromatic nitrogens is 2. The van der Waals surface area contributed by atoms with Gasteiger partial charge in [-0.2, -0.15) is 5.10 Å². The Kier molecular flexibility index (Phi) is 4.66. The second-order valence-electron chi connectivity index (χ2n) is 5.48. The maximum absolute atomic E-state index is 9.12. The topological polar surface area (TPSA) is 50.1 Å². The molecule has 1 heterocycles. The number of aryl methyl sites for hydroxylation is 1. The molecule has 0 radical (unpaired) electrons. The zero-order valence-electron chi connectivity index (χ0n) is 11.7. The van der Waals surface area contributed by atoms with Gasteiger partial charge in [0.2, 0.25) is 0 Å². The van der Waals surface area contributed by atoms with Gasteiger partial charge in [0, 0.05) is 37.7 Å². The second kappa shape index (κ2) is 6.07. The van der Waals surface area contributed by atoms with Gasteiger partial charge in [-0.25, -0.2) is 0 Å². The zero-order valence-corrected chi connectivity index (χ0v) is 12.5. The molecular weight excluding hydrogens is 262 g/mol. The number of hydrogen-bond donors (Lipinski definition) is 2. The lowest BCUT2D eigenvalue weighted by molar-refractivity contribution is 0.246. The highest BCUT2D eigenvalue weighted by Crippen LogP contribution is 2.26. The fourth-order valence-electron chi connectivity index (χ4n) is 2.49. The number of nitrogens with one attached hydrogen (secondary N) is 1. The maximum Gasteiger partial charge on any atom is 0.131 e. The highest BCUT2D eigenvalue weighted by atomic mass is 35.5. The van der Waals surface area contributed by atoms with Crippen LogP contribution in [0.3, 0.4) is 0 Å². The lowest BCUT2D eigenvalue weighted by Crippen LogP contribution is -2.26. The lowest BCUT2D eigenvalue weighted by Gasteiger charge is -2.13. The average Bonchev–Trinajstić information content (AvgIpc) is 2.94. The Morgan fingerprint density at radius 2 is 2.26 bits per heavy atom. The SMILES string of the molecule is CC(C)c1nn(C)c(Cl)c1CN[C@@H]1C=C[C@H](CO)C1. The molecule has 0 saturated heterocycles. The minimum Gasteiger partial charge on any atom is -0.396 e. The molecule has 1 aromatic rings. The quantitative estimate of drug-likeness (QED) is 0.815. The first kappa shape index (κ1) is 14.6. The van der Waals surface area contributed by atoms with Crippen molar-refractivity contribution in [2.75, 3.05) is 6.61 Å². The first-order chi connectivity index (χ1) is 9.02. The van der Waals surface area contributed by atoms with E-state index in [1.165, 1.54) is 0 Å². The number of aliphatic hydroxyl groups excluding tert-OH is 1. The highest BCUT2D eigenvalue weighted by Gasteiger charge is 2.21. The average molecular weight is 284 g/mol. The van der Waals surface area contributed by atoms with Crippen LogP contribution in [0.5, 0.6) is 0 Å². The van der Waals surface area contributed by atoms with E-state index in [0.717, 1.165) is 17.7 Å². The lowest BCUT2D eigenvalue weighted by atomic mass is 10.1. The molecule has 2 N–H and O–H groups in total. The van der Waals surface area contributed by atoms with Gasteiger partial charge in [-0.1, -0.05) is 37.6 Å². The van der Waals surface area contributed by atoms with Crippen LogP contribution in [0.25, 0.3) is 0 Å². The van der Waals surface area contributed by atoms with Gasteiger partial charge in [0.05, 0.1) is 5.69 Å². The summed E-state index contributed by atoms with van der Waals surface area (Å²) in [7, 11) is 1.87. The van der Waals surface area contributed by atoms with Crippen LogP contribution in [0.4, 0.5) is 0 Å². The van der Waals surface area contributed by atoms with E-state index in [0.29, 0.717) is 23.7 Å². The predicted octanol–water partition coefficient (Wildman–Crippen LogP) is 2.22. The molecule has 0 aromatic carbocycles. The van der Waals surface area contributed by atoms with Crippen LogP contribution in [0, 0.1) is 5.92 Å². The van der Waals surface area contributed by atoms with Gasteiger partial charge in [-0.15, -0.1) is 0 Å². The van der Waals surface area contributed by atoms with E-state index < -0.39 is 0 Å². The van der Waals surface area contributed by atoms with Crippen LogP contribution in [0.15, 0.2) is 12.2 Å². The molecule has 0 amide bonds. The molecule has 0 fully saturated rings. The summed E-state index contributed by atoms with van der Waals surface area (Å²) in [5.74, 6) is 0.645. The van der Waals surface area contributed by atoms with Crippen molar-refractivity contribution in [1.82, 2.24) is 15.1 Å². The number of nitrogens with zero attached hydrogens (tertiary/aromatic N) is 2. The summed E-state index contributed by atoms with van der Waals surface area (Å²) in [6, 6.07) is 0.313. The first-order valence-corrected chi connectivity index (χ1v) is 7.14. The third kappa shape index (κ3) is 3.19. The Morgan fingerprint density at radius 1 is 1.53 bits per heavy atom. The van der Waals surface area contributed by atoms with Gasteiger partial charge < -0.3 is 10.4 Å². The zero-order chi connectivity index (χ0) is 14.0. The maximum atomic E-state index is 9.12. The van der Waals surface area contributed by atoms with Crippen molar-refractivity contribution in [2.45, 2.75) is 38.8 Å². The molecule has 0 bridgehead atoms. The van der Waals surface area contributed by atoms with Crippen molar-refractivity contribution in [3.63, 3.8) is 0 Å². The van der Waals surface area contributed by atoms with Crippen molar-refractivity contribution in [3.8, 4) is 0 Å². The molecule has 106 valence electrons. The fraction of sp³-hybridized carbons (Fsp3) is 0.643. The highest BCUT2D eigenvalue weighted by molar-refractivity contribution is 6.30. The van der Waals surface area contributed by atoms with Crippen molar-refractivity contribution < 1.29 is 5.11 Å². The molecule has 1 aliphatic rings. The molecule has 0 spiro atoms. The van der Waals surface area contributed by atoms with E-state index in [-0.39, 0.29) is 12.5 Å². The molecule has 4 nitrogen and oxygen atoms in total. The van der Waals surface area contributed by atoms with Crippen LogP contribution in [0.2, 0.25) is 5.15 Å². The summed E-state index contributed by atoms with van der Waals surface area (Å²) >= 11 is 6.30. The predicted molar refractivity (Wildman–Crippen MR) is 77.3 cm³/mol. The monoisotopic (exact) mass is 283 g/mol. The summed E-state index contributed by atoms with van der Waals surface area (Å²) in [5.41, 5.74) is 2.14. The van der Waals surface area contributed by atoms with Crippen LogP contribution in [0.1, 0.15) is 37.4 Å². The molecule has 1 aliphatic carbocycles. The first-order valence-electron chi connectivity index (χ1n) is 6.76. The van der Waals surface area contributed by atoms with Crippen LogP contribution in [-0.2, 0) is 13.6 Å². The van der Waals surface area contributed by atoms with E-state index in [1.807, 2.05) is 7.05 Å². The third-order valence-electron chi connectivity index (χ3n) is 3.59. The Hall–Kier alpha value is -0.840. The van der Waals surface area contributed by atoms with Gasteiger partial charge in [-0.05, 0) is 12.3 Å². The summed E-state index contributed by atoms with van der Waals surface area (Å²) < 4.78 is 1.73. The van der Waals surface area contributed by atoms with Crippen molar-refractivity contribution in [2.24, 2.45) is 13.0 Å². The molecule has 2 rings (SSSR count). The van der Waals surface area contributed by atoms with Gasteiger partial charge in [-0.3, -0.25) is 4.68 Å². The smallest absolute Gasteiger partial charge is 0.131 e. The van der Waals surface area contributed by atoms with Crippen LogP contribution >= 0.6 is 11.6 Å². The Labute approximate surface area is 119 Å². The number of aliphatic hydroxyl groups is 1. The molecule has 5 heteroatoms. The largest absolute Gasteiger partial charge is 0.396 e. The molecule has 0 unspecified atom stereocenters. The summed E-state index contributed by atoms with van der Waals surface area (Å²) in [6.45, 7) is 5.19. The Morgan fingerprint density at radius 3 is 2.84 bits per heavy atom. The number of rotatable bonds is 5. The standard InChI is InChI=1S/C14H22ClN3O/c1-9(2)13-12(14(15)18(3)17-13)7-16-11-5-4-10(6-11)8-19/h4-5,9-11,16,19H,6-8H2,1-3H3/t10-,11+/m0/s1. The fourth-order valence-corrected chi connectivity index (χ4v) is 2.69. The summed E-state index contributed by atoms with van der Waals surface area (Å²) in [4.78, 5) is 0. The van der Waals surface area contributed by atoms with E-state index in [2.05, 4.69) is 36.4 Å². The van der Waals surface area contributed by atoms with E-state index in [4.69, 9.17) is 16.7 Å². The van der Waals surface area contributed by atoms with Crippen LogP contribution < -0.4 is 5.32 Å². The molecule has 2 atom stereocenters. The van der Waals surface area contributed by atoms with E-state index >= 15 is 0 Å². The van der Waals surface area contributed by atoms with Crippen molar-refractivity contribution >= 4 is 11.6 Å². The number of halogens is 1. The van der Waals surface area contributed by atoms with Crippen LogP contribution in [-0.4, -0.2) is 27.5 Å². The molecule has 1 aromatic heterocycles.